The second kappa shape index (κ2) is 34.4. The molecular weight excluding hydrogens is 1480 g/mol. The summed E-state index contributed by atoms with van der Waals surface area (Å²) in [5, 5.41) is 33.2. The Kier molecular flexibility index (Phi) is 30.5. The summed E-state index contributed by atoms with van der Waals surface area (Å²) in [6.45, 7) is 4.01. The number of aromatic nitrogens is 8. The molecule has 0 bridgehead atoms. The average molecular weight is 1510 g/mol. The first-order chi connectivity index (χ1) is 36.8. The number of hydrogen-bond acceptors (Lipinski definition) is 22. The fourth-order valence-corrected chi connectivity index (χ4v) is 9.54. The summed E-state index contributed by atoms with van der Waals surface area (Å²) >= 11 is 34.9. The molecule has 8 heterocycles. The van der Waals surface area contributed by atoms with E-state index in [0.717, 1.165) is 76.7 Å². The van der Waals surface area contributed by atoms with E-state index in [4.69, 9.17) is 127 Å². The molecule has 0 spiro atoms. The van der Waals surface area contributed by atoms with Crippen LogP contribution < -0.4 is 37.3 Å². The van der Waals surface area contributed by atoms with Gasteiger partial charge in [0.15, 0.2) is 8.59 Å². The van der Waals surface area contributed by atoms with Crippen molar-refractivity contribution in [3.8, 4) is 99.3 Å². The van der Waals surface area contributed by atoms with Crippen LogP contribution in [0.15, 0.2) is 143 Å². The molecule has 0 aliphatic rings. The Hall–Kier alpha value is -3.36. The Bertz CT molecular complexity index is 2990. The van der Waals surface area contributed by atoms with Gasteiger partial charge in [-0.15, -0.1) is 65.8 Å². The second-order valence-electron chi connectivity index (χ2n) is 14.7. The Balaban J connectivity index is 0.000000317. The van der Waals surface area contributed by atoms with E-state index in [-0.39, 0.29) is 56.3 Å². The Morgan fingerprint density at radius 3 is 0.725 bits per heavy atom. The van der Waals surface area contributed by atoms with Crippen LogP contribution in [0.3, 0.4) is 0 Å². The van der Waals surface area contributed by atoms with Crippen LogP contribution in [0, 0.1) is 34.3 Å². The number of aryl methyl sites for hydroxylation is 2. The molecule has 32 heteroatoms. The maximum Gasteiger partial charge on any atom is 1.00 e. The van der Waals surface area contributed by atoms with Gasteiger partial charge in [-0.2, -0.15) is 0 Å². The maximum absolute atomic E-state index is 11.1. The van der Waals surface area contributed by atoms with Crippen molar-refractivity contribution in [1.82, 2.24) is 39.9 Å². The largest absolute Gasteiger partial charge is 1.00 e. The number of hydrogen-bond donors (Lipinski definition) is 2. The van der Waals surface area contributed by atoms with Crippen LogP contribution in [0.4, 0.5) is 0 Å². The summed E-state index contributed by atoms with van der Waals surface area (Å²) in [7, 11) is -9.89. The molecule has 0 amide bonds. The zero-order valence-electron chi connectivity index (χ0n) is 40.0. The van der Waals surface area contributed by atoms with Crippen LogP contribution in [0.25, 0.3) is 87.8 Å². The molecule has 0 unspecified atom stereocenters. The Morgan fingerprint density at radius 1 is 0.375 bits per heavy atom. The fraction of sp³-hybridized carbons (Fsp3) is 0.0833. The third-order valence-electron chi connectivity index (χ3n) is 9.17. The SMILES string of the molecule is Cc1cc(-c2csc(-c3ccccn3)n2)c(O)c(-c2csc(-c3ccccn3)n2)c1.Cc1cc(-c2csc(-c3ccccn3)n2)c(O)c(-c2csc(-c3ccccn3)n2)c1.ClC(Cl)Cl.ClC(Cl)Cl.[Ag+].[Ag+].[O-][Cl+3]([O-])([O-])[O-].[O-][Cl+3]([O-])([O-])[O-]. The van der Waals surface area contributed by atoms with Gasteiger partial charge in [-0.1, -0.05) is 93.9 Å². The minimum absolute atomic E-state index is 0. The molecule has 10 rings (SSSR count). The number of alkyl halides is 6. The first-order valence-corrected chi connectivity index (χ1v) is 29.7. The molecule has 2 aromatic carbocycles. The van der Waals surface area contributed by atoms with Crippen molar-refractivity contribution >= 4 is 115 Å². The van der Waals surface area contributed by atoms with Gasteiger partial charge in [-0.05, 0) is 97.8 Å². The molecule has 10 aromatic rings. The van der Waals surface area contributed by atoms with Gasteiger partial charge < -0.3 is 10.2 Å². The number of phenols is 2. The predicted molar refractivity (Wildman–Crippen MR) is 286 cm³/mol. The summed E-state index contributed by atoms with van der Waals surface area (Å²) in [4.78, 5) is 36.3. The zero-order valence-corrected chi connectivity index (χ0v) is 52.3. The molecule has 0 fully saturated rings. The number of benzene rings is 2. The molecule has 0 atom stereocenters. The summed E-state index contributed by atoms with van der Waals surface area (Å²) in [6.07, 6.45) is 7.00. The monoisotopic (exact) mass is 1500 g/mol. The first-order valence-electron chi connectivity index (χ1n) is 21.1. The maximum atomic E-state index is 11.1. The molecule has 428 valence electrons. The van der Waals surface area contributed by atoms with Crippen molar-refractivity contribution in [2.45, 2.75) is 22.4 Å². The van der Waals surface area contributed by atoms with Crippen LogP contribution >= 0.6 is 115 Å². The van der Waals surface area contributed by atoms with E-state index in [9.17, 15) is 10.2 Å². The fourth-order valence-electron chi connectivity index (χ4n) is 6.36. The van der Waals surface area contributed by atoms with Gasteiger partial charge in [-0.3, -0.25) is 19.9 Å². The van der Waals surface area contributed by atoms with Gasteiger partial charge in [0.2, 0.25) is 0 Å². The Morgan fingerprint density at radius 2 is 0.562 bits per heavy atom. The zero-order chi connectivity index (χ0) is 57.2. The number of rotatable bonds is 8. The van der Waals surface area contributed by atoms with Crippen molar-refractivity contribution in [2.24, 2.45) is 0 Å². The van der Waals surface area contributed by atoms with E-state index in [2.05, 4.69) is 19.9 Å². The van der Waals surface area contributed by atoms with Gasteiger partial charge in [-0.25, -0.2) is 57.2 Å². The molecule has 0 saturated heterocycles. The molecular formula is C48H34Ag2Cl8N8O10S4. The molecule has 80 heavy (non-hydrogen) atoms. The summed E-state index contributed by atoms with van der Waals surface area (Å²) in [6, 6.07) is 30.8. The van der Waals surface area contributed by atoms with Crippen LogP contribution in [0.5, 0.6) is 11.5 Å². The normalized spacial score (nSPS) is 10.6. The van der Waals surface area contributed by atoms with Gasteiger partial charge >= 0.3 is 44.8 Å². The standard InChI is InChI=1S/2C23H16N4OS2.2CHCl3.2Ag.2ClHO4/c2*1-14-10-15(19-12-29-22(26-19)17-6-2-4-8-24-17)21(28)16(11-14)20-13-30-23(27-20)18-7-3-5-9-25-18;2*2-1(3)4;;;2*2-1(3,4)5/h2*2-13,28H,1H3;2*1H;;;2*(H,2,3,4,5)/q;;;;2*+1;;/p-2. The summed E-state index contributed by atoms with van der Waals surface area (Å²) in [5.41, 5.74) is 11.0. The summed E-state index contributed by atoms with van der Waals surface area (Å²) < 4.78 is 66.4. The van der Waals surface area contributed by atoms with Crippen LogP contribution in [0.1, 0.15) is 11.1 Å². The third kappa shape index (κ3) is 24.5. The molecule has 8 aromatic heterocycles. The topological polar surface area (TPSA) is 328 Å². The molecule has 0 saturated carbocycles. The van der Waals surface area contributed by atoms with Crippen molar-refractivity contribution in [1.29, 1.82) is 0 Å². The number of halogens is 8. The minimum Gasteiger partial charge on any atom is -0.507 e. The summed E-state index contributed by atoms with van der Waals surface area (Å²) in [5.74, 6) is 0.354. The molecule has 0 aliphatic carbocycles. The van der Waals surface area contributed by atoms with Crippen LogP contribution in [0.2, 0.25) is 0 Å². The van der Waals surface area contributed by atoms with Crippen LogP contribution in [-0.2, 0) is 44.8 Å². The van der Waals surface area contributed by atoms with Gasteiger partial charge in [0, 0.05) is 68.6 Å². The average Bonchev–Trinajstić information content (AvgIpc) is 4.24. The van der Waals surface area contributed by atoms with E-state index in [0.29, 0.717) is 22.3 Å². The molecule has 0 radical (unpaired) electrons. The van der Waals surface area contributed by atoms with E-state index in [1.165, 1.54) is 45.3 Å². The number of pyridine rings is 4. The number of nitrogens with zero attached hydrogens (tertiary/aromatic N) is 8. The number of aromatic hydroxyl groups is 2. The van der Waals surface area contributed by atoms with Crippen LogP contribution in [-0.4, -0.2) is 58.7 Å². The Labute approximate surface area is 538 Å². The van der Waals surface area contributed by atoms with E-state index >= 15 is 0 Å². The number of phenolic OH excluding ortho intramolecular Hbond substituents is 2. The van der Waals surface area contributed by atoms with E-state index in [1.54, 1.807) is 24.8 Å². The molecule has 0 aliphatic heterocycles. The van der Waals surface area contributed by atoms with E-state index in [1.807, 2.05) is 132 Å². The smallest absolute Gasteiger partial charge is 0.507 e. The molecule has 18 nitrogen and oxygen atoms in total. The number of thiazole rings is 4. The van der Waals surface area contributed by atoms with Crippen molar-refractivity contribution in [3.05, 3.63) is 154 Å². The van der Waals surface area contributed by atoms with E-state index < -0.39 is 29.1 Å². The molecule has 2 N–H and O–H groups in total. The minimum atomic E-state index is -4.94. The van der Waals surface area contributed by atoms with Crippen molar-refractivity contribution < 1.29 is 113 Å². The quantitative estimate of drug-likeness (QED) is 0.119. The first kappa shape index (κ1) is 70.9. The van der Waals surface area contributed by atoms with Gasteiger partial charge in [0.05, 0.1) is 45.6 Å². The predicted octanol–water partition coefficient (Wildman–Crippen LogP) is 6.60. The van der Waals surface area contributed by atoms with Gasteiger partial charge in [0.1, 0.15) is 31.5 Å². The van der Waals surface area contributed by atoms with Crippen molar-refractivity contribution in [3.63, 3.8) is 0 Å². The third-order valence-corrected chi connectivity index (χ3v) is 12.6. The van der Waals surface area contributed by atoms with Crippen molar-refractivity contribution in [2.75, 3.05) is 0 Å². The second-order valence-corrected chi connectivity index (χ2v) is 23.6. The van der Waals surface area contributed by atoms with Gasteiger partial charge in [0.25, 0.3) is 0 Å².